The number of likely N-dealkylation sites (N-methyl/N-ethyl adjacent to an activating group) is 1. The first kappa shape index (κ1) is 15.0. The Morgan fingerprint density at radius 1 is 1.16 bits per heavy atom. The third-order valence-corrected chi connectivity index (χ3v) is 2.85. The second-order valence-electron chi connectivity index (χ2n) is 4.34. The number of amides is 1. The fraction of sp³-hybridized carbons (Fsp3) is 0.429. The second kappa shape index (κ2) is 6.78. The van der Waals surface area contributed by atoms with Gasteiger partial charge in [0.1, 0.15) is 6.54 Å². The highest BCUT2D eigenvalue weighted by Gasteiger charge is 2.17. The zero-order valence-corrected chi connectivity index (χ0v) is 11.8. The number of carbonyl (C=O) groups excluding carboxylic acids is 2. The fourth-order valence-corrected chi connectivity index (χ4v) is 1.63. The predicted octanol–water partition coefficient (Wildman–Crippen LogP) is 1.39. The van der Waals surface area contributed by atoms with E-state index < -0.39 is 5.97 Å². The van der Waals surface area contributed by atoms with Crippen LogP contribution in [0.4, 0.5) is 5.69 Å². The number of carbonyl (C=O) groups is 2. The summed E-state index contributed by atoms with van der Waals surface area (Å²) in [5.41, 5.74) is 1.59. The number of hydrogen-bond acceptors (Lipinski definition) is 4. The molecular weight excluding hydrogens is 244 g/mol. The molecule has 0 saturated carbocycles. The van der Waals surface area contributed by atoms with Gasteiger partial charge in [-0.1, -0.05) is 0 Å². The first-order chi connectivity index (χ1) is 8.99. The molecule has 0 atom stereocenters. The van der Waals surface area contributed by atoms with Gasteiger partial charge >= 0.3 is 5.97 Å². The Hall–Kier alpha value is -2.04. The van der Waals surface area contributed by atoms with Gasteiger partial charge in [-0.2, -0.15) is 0 Å². The number of nitrogens with zero attached hydrogens (tertiary/aromatic N) is 2. The highest BCUT2D eigenvalue weighted by molar-refractivity contribution is 5.96. The Balaban J connectivity index is 2.82. The highest BCUT2D eigenvalue weighted by Crippen LogP contribution is 2.13. The SMILES string of the molecule is CCN(CC(=O)OC)C(=O)c1ccc(N(C)C)cc1. The van der Waals surface area contributed by atoms with Crippen molar-refractivity contribution in [2.75, 3.05) is 39.2 Å². The van der Waals surface area contributed by atoms with E-state index in [1.54, 1.807) is 12.1 Å². The number of anilines is 1. The van der Waals surface area contributed by atoms with Crippen molar-refractivity contribution in [2.24, 2.45) is 0 Å². The molecule has 19 heavy (non-hydrogen) atoms. The van der Waals surface area contributed by atoms with Crippen LogP contribution in [0.2, 0.25) is 0 Å². The summed E-state index contributed by atoms with van der Waals surface area (Å²) >= 11 is 0. The van der Waals surface area contributed by atoms with Crippen molar-refractivity contribution >= 4 is 17.6 Å². The molecule has 0 aliphatic rings. The van der Waals surface area contributed by atoms with Crippen LogP contribution >= 0.6 is 0 Å². The van der Waals surface area contributed by atoms with Crippen LogP contribution in [0.3, 0.4) is 0 Å². The molecule has 5 nitrogen and oxygen atoms in total. The van der Waals surface area contributed by atoms with Crippen molar-refractivity contribution in [2.45, 2.75) is 6.92 Å². The summed E-state index contributed by atoms with van der Waals surface area (Å²) in [5.74, 6) is -0.585. The van der Waals surface area contributed by atoms with Crippen LogP contribution < -0.4 is 4.90 Å². The van der Waals surface area contributed by atoms with Crippen LogP contribution in [0.25, 0.3) is 0 Å². The maximum atomic E-state index is 12.2. The summed E-state index contributed by atoms with van der Waals surface area (Å²) in [4.78, 5) is 26.9. The quantitative estimate of drug-likeness (QED) is 0.754. The summed E-state index contributed by atoms with van der Waals surface area (Å²) in [5, 5.41) is 0. The molecule has 1 amide bonds. The fourth-order valence-electron chi connectivity index (χ4n) is 1.63. The van der Waals surface area contributed by atoms with Crippen molar-refractivity contribution < 1.29 is 14.3 Å². The number of esters is 1. The standard InChI is InChI=1S/C14H20N2O3/c1-5-16(10-13(17)19-4)14(18)11-6-8-12(9-7-11)15(2)3/h6-9H,5,10H2,1-4H3. The van der Waals surface area contributed by atoms with Gasteiger partial charge in [0.05, 0.1) is 7.11 Å². The third kappa shape index (κ3) is 3.98. The lowest BCUT2D eigenvalue weighted by molar-refractivity contribution is -0.141. The smallest absolute Gasteiger partial charge is 0.325 e. The topological polar surface area (TPSA) is 49.9 Å². The lowest BCUT2D eigenvalue weighted by Gasteiger charge is -2.20. The molecule has 0 radical (unpaired) electrons. The van der Waals surface area contributed by atoms with E-state index >= 15 is 0 Å². The summed E-state index contributed by atoms with van der Waals surface area (Å²) < 4.78 is 4.58. The molecule has 0 spiro atoms. The molecule has 0 aliphatic carbocycles. The van der Waals surface area contributed by atoms with E-state index in [-0.39, 0.29) is 12.5 Å². The van der Waals surface area contributed by atoms with Crippen LogP contribution in [-0.4, -0.2) is 51.1 Å². The molecule has 0 bridgehead atoms. The third-order valence-electron chi connectivity index (χ3n) is 2.85. The molecule has 0 aromatic heterocycles. The molecule has 1 rings (SSSR count). The number of ether oxygens (including phenoxy) is 1. The van der Waals surface area contributed by atoms with Crippen molar-refractivity contribution in [3.8, 4) is 0 Å². The van der Waals surface area contributed by atoms with E-state index in [1.165, 1.54) is 12.0 Å². The van der Waals surface area contributed by atoms with Crippen molar-refractivity contribution in [1.29, 1.82) is 0 Å². The minimum absolute atomic E-state index is 0.0265. The van der Waals surface area contributed by atoms with Gasteiger partial charge in [0.15, 0.2) is 0 Å². The normalized spacial score (nSPS) is 9.89. The van der Waals surface area contributed by atoms with Crippen LogP contribution in [0.5, 0.6) is 0 Å². The van der Waals surface area contributed by atoms with Crippen LogP contribution in [0.1, 0.15) is 17.3 Å². The average Bonchev–Trinajstić information content (AvgIpc) is 2.43. The first-order valence-electron chi connectivity index (χ1n) is 6.13. The minimum Gasteiger partial charge on any atom is -0.468 e. The van der Waals surface area contributed by atoms with Crippen molar-refractivity contribution in [1.82, 2.24) is 4.90 Å². The lowest BCUT2D eigenvalue weighted by atomic mass is 10.1. The van der Waals surface area contributed by atoms with E-state index in [0.29, 0.717) is 12.1 Å². The van der Waals surface area contributed by atoms with E-state index in [9.17, 15) is 9.59 Å². The summed E-state index contributed by atoms with van der Waals surface area (Å²) in [7, 11) is 5.19. The molecule has 1 aromatic carbocycles. The largest absolute Gasteiger partial charge is 0.468 e. The Kier molecular flexibility index (Phi) is 5.36. The number of methoxy groups -OCH3 is 1. The molecule has 0 aliphatic heterocycles. The Morgan fingerprint density at radius 3 is 2.16 bits per heavy atom. The zero-order valence-electron chi connectivity index (χ0n) is 11.8. The Labute approximate surface area is 113 Å². The van der Waals surface area contributed by atoms with Gasteiger partial charge in [-0.3, -0.25) is 9.59 Å². The number of hydrogen-bond donors (Lipinski definition) is 0. The molecule has 1 aromatic rings. The van der Waals surface area contributed by atoms with Gasteiger partial charge in [-0.15, -0.1) is 0 Å². The van der Waals surface area contributed by atoms with Crippen LogP contribution in [0.15, 0.2) is 24.3 Å². The van der Waals surface area contributed by atoms with E-state index in [1.807, 2.05) is 38.1 Å². The molecule has 5 heteroatoms. The predicted molar refractivity (Wildman–Crippen MR) is 74.4 cm³/mol. The molecule has 0 heterocycles. The van der Waals surface area contributed by atoms with Crippen molar-refractivity contribution in [3.05, 3.63) is 29.8 Å². The number of rotatable bonds is 5. The Bertz CT molecular complexity index is 441. The summed E-state index contributed by atoms with van der Waals surface area (Å²) in [6.45, 7) is 2.26. The lowest BCUT2D eigenvalue weighted by Crippen LogP contribution is -2.36. The maximum absolute atomic E-state index is 12.2. The van der Waals surface area contributed by atoms with E-state index in [0.717, 1.165) is 5.69 Å². The van der Waals surface area contributed by atoms with Gasteiger partial charge in [-0.05, 0) is 31.2 Å². The zero-order chi connectivity index (χ0) is 14.4. The van der Waals surface area contributed by atoms with Crippen molar-refractivity contribution in [3.63, 3.8) is 0 Å². The molecule has 0 unspecified atom stereocenters. The van der Waals surface area contributed by atoms with Gasteiger partial charge in [0.25, 0.3) is 5.91 Å². The van der Waals surface area contributed by atoms with Gasteiger partial charge in [0, 0.05) is 31.9 Å². The average molecular weight is 264 g/mol. The van der Waals surface area contributed by atoms with Crippen LogP contribution in [-0.2, 0) is 9.53 Å². The Morgan fingerprint density at radius 2 is 1.74 bits per heavy atom. The molecule has 104 valence electrons. The summed E-state index contributed by atoms with van der Waals surface area (Å²) in [6, 6.07) is 7.27. The highest BCUT2D eigenvalue weighted by atomic mass is 16.5. The molecule has 0 fully saturated rings. The summed E-state index contributed by atoms with van der Waals surface area (Å²) in [6.07, 6.45) is 0. The van der Waals surface area contributed by atoms with Crippen LogP contribution in [0, 0.1) is 0 Å². The van der Waals surface area contributed by atoms with E-state index in [2.05, 4.69) is 4.74 Å². The van der Waals surface area contributed by atoms with Gasteiger partial charge in [-0.25, -0.2) is 0 Å². The first-order valence-corrected chi connectivity index (χ1v) is 6.13. The second-order valence-corrected chi connectivity index (χ2v) is 4.34. The van der Waals surface area contributed by atoms with Gasteiger partial charge in [0.2, 0.25) is 0 Å². The maximum Gasteiger partial charge on any atom is 0.325 e. The molecular formula is C14H20N2O3. The molecule has 0 saturated heterocycles. The van der Waals surface area contributed by atoms with E-state index in [4.69, 9.17) is 0 Å². The monoisotopic (exact) mass is 264 g/mol. The van der Waals surface area contributed by atoms with Gasteiger partial charge < -0.3 is 14.5 Å². The molecule has 0 N–H and O–H groups in total. The number of benzene rings is 1. The minimum atomic E-state index is -0.417.